The van der Waals surface area contributed by atoms with E-state index in [9.17, 15) is 4.79 Å². The van der Waals surface area contributed by atoms with Crippen LogP contribution < -0.4 is 5.32 Å². The SMILES string of the molecule is CC[C@](C=O)(CC1CCCCC1)NC. The first-order chi connectivity index (χ1) is 6.76. The van der Waals surface area contributed by atoms with Crippen molar-refractivity contribution in [3.8, 4) is 0 Å². The average molecular weight is 197 g/mol. The fourth-order valence-corrected chi connectivity index (χ4v) is 2.52. The standard InChI is InChI=1S/C12H23NO/c1-3-12(10-14,13-2)9-11-7-5-4-6-8-11/h10-11,13H,3-9H2,1-2H3/t12-/m1/s1. The van der Waals surface area contributed by atoms with E-state index < -0.39 is 0 Å². The molecule has 14 heavy (non-hydrogen) atoms. The summed E-state index contributed by atoms with van der Waals surface area (Å²) in [5, 5.41) is 3.19. The molecule has 1 rings (SSSR count). The van der Waals surface area contributed by atoms with Gasteiger partial charge in [-0.25, -0.2) is 0 Å². The lowest BCUT2D eigenvalue weighted by Crippen LogP contribution is -2.45. The molecule has 0 bridgehead atoms. The van der Waals surface area contributed by atoms with Crippen LogP contribution >= 0.6 is 0 Å². The van der Waals surface area contributed by atoms with Gasteiger partial charge < -0.3 is 10.1 Å². The quantitative estimate of drug-likeness (QED) is 0.686. The Morgan fingerprint density at radius 1 is 1.36 bits per heavy atom. The van der Waals surface area contributed by atoms with Gasteiger partial charge in [-0.2, -0.15) is 0 Å². The van der Waals surface area contributed by atoms with Crippen LogP contribution in [-0.4, -0.2) is 18.9 Å². The first kappa shape index (κ1) is 11.7. The largest absolute Gasteiger partial charge is 0.308 e. The van der Waals surface area contributed by atoms with Crippen LogP contribution in [-0.2, 0) is 4.79 Å². The molecule has 1 N–H and O–H groups in total. The normalized spacial score (nSPS) is 23.0. The van der Waals surface area contributed by atoms with Crippen LogP contribution in [0, 0.1) is 5.92 Å². The molecule has 0 unspecified atom stereocenters. The Labute approximate surface area is 87.5 Å². The highest BCUT2D eigenvalue weighted by molar-refractivity contribution is 5.64. The lowest BCUT2D eigenvalue weighted by molar-refractivity contribution is -0.114. The third kappa shape index (κ3) is 2.81. The number of carbonyl (C=O) groups is 1. The molecule has 82 valence electrons. The van der Waals surface area contributed by atoms with Gasteiger partial charge in [0.25, 0.3) is 0 Å². The predicted octanol–water partition coefficient (Wildman–Crippen LogP) is 2.52. The van der Waals surface area contributed by atoms with Crippen molar-refractivity contribution in [1.29, 1.82) is 0 Å². The number of carbonyl (C=O) groups excluding carboxylic acids is 1. The smallest absolute Gasteiger partial charge is 0.140 e. The summed E-state index contributed by atoms with van der Waals surface area (Å²) in [7, 11) is 1.90. The molecular weight excluding hydrogens is 174 g/mol. The molecular formula is C12H23NO. The zero-order valence-electron chi connectivity index (χ0n) is 9.51. The maximum atomic E-state index is 11.1. The second-order valence-corrected chi connectivity index (χ2v) is 4.59. The van der Waals surface area contributed by atoms with Crippen LogP contribution in [0.25, 0.3) is 0 Å². The molecule has 0 amide bonds. The van der Waals surface area contributed by atoms with E-state index in [1.165, 1.54) is 32.1 Å². The van der Waals surface area contributed by atoms with Crippen LogP contribution in [0.1, 0.15) is 51.9 Å². The first-order valence-corrected chi connectivity index (χ1v) is 5.91. The van der Waals surface area contributed by atoms with Gasteiger partial charge in [-0.15, -0.1) is 0 Å². The summed E-state index contributed by atoms with van der Waals surface area (Å²) in [5.74, 6) is 0.765. The highest BCUT2D eigenvalue weighted by atomic mass is 16.1. The van der Waals surface area contributed by atoms with Crippen molar-refractivity contribution >= 4 is 6.29 Å². The summed E-state index contributed by atoms with van der Waals surface area (Å²) in [6, 6.07) is 0. The number of likely N-dealkylation sites (N-methyl/N-ethyl adjacent to an activating group) is 1. The molecule has 0 aromatic carbocycles. The van der Waals surface area contributed by atoms with Gasteiger partial charge in [0.2, 0.25) is 0 Å². The van der Waals surface area contributed by atoms with Crippen LogP contribution in [0.2, 0.25) is 0 Å². The molecule has 0 spiro atoms. The van der Waals surface area contributed by atoms with Gasteiger partial charge in [0.1, 0.15) is 6.29 Å². The minimum Gasteiger partial charge on any atom is -0.308 e. The monoisotopic (exact) mass is 197 g/mol. The lowest BCUT2D eigenvalue weighted by Gasteiger charge is -2.32. The van der Waals surface area contributed by atoms with E-state index in [1.54, 1.807) is 0 Å². The van der Waals surface area contributed by atoms with Crippen LogP contribution in [0.15, 0.2) is 0 Å². The maximum Gasteiger partial charge on any atom is 0.140 e. The molecule has 0 saturated heterocycles. The van der Waals surface area contributed by atoms with E-state index in [2.05, 4.69) is 12.2 Å². The zero-order valence-corrected chi connectivity index (χ0v) is 9.51. The Hall–Kier alpha value is -0.370. The molecule has 0 aromatic rings. The average Bonchev–Trinajstić information content (AvgIpc) is 2.28. The summed E-state index contributed by atoms with van der Waals surface area (Å²) < 4.78 is 0. The predicted molar refractivity (Wildman–Crippen MR) is 59.3 cm³/mol. The fraction of sp³-hybridized carbons (Fsp3) is 0.917. The van der Waals surface area contributed by atoms with Crippen LogP contribution in [0.5, 0.6) is 0 Å². The molecule has 2 nitrogen and oxygen atoms in total. The Kier molecular flexibility index (Phi) is 4.59. The summed E-state index contributed by atoms with van der Waals surface area (Å²) in [5.41, 5.74) is -0.248. The molecule has 1 atom stereocenters. The molecule has 0 aromatic heterocycles. The number of rotatable bonds is 5. The van der Waals surface area contributed by atoms with Gasteiger partial charge in [-0.1, -0.05) is 39.0 Å². The maximum absolute atomic E-state index is 11.1. The van der Waals surface area contributed by atoms with Gasteiger partial charge in [-0.05, 0) is 25.8 Å². The highest BCUT2D eigenvalue weighted by Crippen LogP contribution is 2.31. The minimum atomic E-state index is -0.248. The lowest BCUT2D eigenvalue weighted by atomic mass is 9.79. The minimum absolute atomic E-state index is 0.248. The Balaban J connectivity index is 2.48. The molecule has 1 fully saturated rings. The van der Waals surface area contributed by atoms with Gasteiger partial charge in [0, 0.05) is 0 Å². The number of hydrogen-bond donors (Lipinski definition) is 1. The number of nitrogens with one attached hydrogen (secondary N) is 1. The van der Waals surface area contributed by atoms with E-state index >= 15 is 0 Å². The van der Waals surface area contributed by atoms with E-state index in [-0.39, 0.29) is 5.54 Å². The van der Waals surface area contributed by atoms with E-state index in [0.29, 0.717) is 0 Å². The summed E-state index contributed by atoms with van der Waals surface area (Å²) in [6.45, 7) is 2.09. The highest BCUT2D eigenvalue weighted by Gasteiger charge is 2.29. The topological polar surface area (TPSA) is 29.1 Å². The second-order valence-electron chi connectivity index (χ2n) is 4.59. The summed E-state index contributed by atoms with van der Waals surface area (Å²) in [4.78, 5) is 11.1. The van der Waals surface area contributed by atoms with E-state index in [1.807, 2.05) is 7.05 Å². The molecule has 0 heterocycles. The number of hydrogen-bond acceptors (Lipinski definition) is 2. The van der Waals surface area contributed by atoms with Crippen molar-refractivity contribution in [2.24, 2.45) is 5.92 Å². The first-order valence-electron chi connectivity index (χ1n) is 5.91. The summed E-state index contributed by atoms with van der Waals surface area (Å²) >= 11 is 0. The van der Waals surface area contributed by atoms with Gasteiger partial charge >= 0.3 is 0 Å². The van der Waals surface area contributed by atoms with Crippen LogP contribution in [0.3, 0.4) is 0 Å². The second kappa shape index (κ2) is 5.50. The summed E-state index contributed by atoms with van der Waals surface area (Å²) in [6.07, 6.45) is 9.78. The van der Waals surface area contributed by atoms with Crippen molar-refractivity contribution in [3.05, 3.63) is 0 Å². The van der Waals surface area contributed by atoms with Crippen molar-refractivity contribution in [2.75, 3.05) is 7.05 Å². The fourth-order valence-electron chi connectivity index (χ4n) is 2.52. The molecule has 0 aliphatic heterocycles. The van der Waals surface area contributed by atoms with Crippen molar-refractivity contribution in [2.45, 2.75) is 57.4 Å². The van der Waals surface area contributed by atoms with Gasteiger partial charge in [0.15, 0.2) is 0 Å². The third-order valence-corrected chi connectivity index (χ3v) is 3.73. The Morgan fingerprint density at radius 2 is 2.00 bits per heavy atom. The van der Waals surface area contributed by atoms with Crippen molar-refractivity contribution in [1.82, 2.24) is 5.32 Å². The van der Waals surface area contributed by atoms with Gasteiger partial charge in [-0.3, -0.25) is 0 Å². The molecule has 1 saturated carbocycles. The zero-order chi connectivity index (χ0) is 10.4. The van der Waals surface area contributed by atoms with Crippen LogP contribution in [0.4, 0.5) is 0 Å². The van der Waals surface area contributed by atoms with Gasteiger partial charge in [0.05, 0.1) is 5.54 Å². The molecule has 2 heteroatoms. The van der Waals surface area contributed by atoms with Crippen molar-refractivity contribution in [3.63, 3.8) is 0 Å². The molecule has 1 aliphatic rings. The van der Waals surface area contributed by atoms with Crippen molar-refractivity contribution < 1.29 is 4.79 Å². The molecule has 1 aliphatic carbocycles. The molecule has 0 radical (unpaired) electrons. The third-order valence-electron chi connectivity index (χ3n) is 3.73. The number of aldehydes is 1. The Morgan fingerprint density at radius 3 is 2.43 bits per heavy atom. The van der Waals surface area contributed by atoms with E-state index in [0.717, 1.165) is 25.0 Å². The van der Waals surface area contributed by atoms with E-state index in [4.69, 9.17) is 0 Å². The Bertz CT molecular complexity index is 169.